The lowest BCUT2D eigenvalue weighted by Crippen LogP contribution is -2.39. The lowest BCUT2D eigenvalue weighted by atomic mass is 9.91. The van der Waals surface area contributed by atoms with E-state index in [1.165, 1.54) is 6.42 Å². The number of pyridine rings is 1. The molecule has 1 aliphatic rings. The van der Waals surface area contributed by atoms with E-state index >= 15 is 0 Å². The van der Waals surface area contributed by atoms with Gasteiger partial charge in [0, 0.05) is 13.1 Å². The molecular weight excluding hydrogens is 305 g/mol. The van der Waals surface area contributed by atoms with Crippen LogP contribution in [0.1, 0.15) is 26.0 Å². The number of hydrogen-bond acceptors (Lipinski definition) is 3. The van der Waals surface area contributed by atoms with Gasteiger partial charge in [-0.2, -0.15) is 5.26 Å². The summed E-state index contributed by atoms with van der Waals surface area (Å²) in [5, 5.41) is 9.79. The molecule has 1 aromatic heterocycles. The van der Waals surface area contributed by atoms with Crippen molar-refractivity contribution < 1.29 is 0 Å². The fraction of sp³-hybridized carbons (Fsp3) is 0.538. The minimum absolute atomic E-state index is 0.122. The molecule has 2 rings (SSSR count). The zero-order chi connectivity index (χ0) is 14.2. The summed E-state index contributed by atoms with van der Waals surface area (Å²) >= 11 is 18.5. The molecule has 6 heteroatoms. The van der Waals surface area contributed by atoms with Crippen LogP contribution in [0.15, 0.2) is 0 Å². The van der Waals surface area contributed by atoms with Gasteiger partial charge in [0.1, 0.15) is 16.1 Å². The van der Waals surface area contributed by atoms with E-state index in [0.717, 1.165) is 13.1 Å². The maximum Gasteiger partial charge on any atom is 0.163 e. The van der Waals surface area contributed by atoms with Crippen LogP contribution >= 0.6 is 34.8 Å². The summed E-state index contributed by atoms with van der Waals surface area (Å²) in [5.41, 5.74) is 0.759. The highest BCUT2D eigenvalue weighted by atomic mass is 35.5. The van der Waals surface area contributed by atoms with Gasteiger partial charge in [0.25, 0.3) is 0 Å². The Labute approximate surface area is 128 Å². The predicted octanol–water partition coefficient (Wildman–Crippen LogP) is 4.40. The fourth-order valence-electron chi connectivity index (χ4n) is 2.70. The van der Waals surface area contributed by atoms with E-state index in [0.29, 0.717) is 27.6 Å². The minimum Gasteiger partial charge on any atom is -0.368 e. The second-order valence-corrected chi connectivity index (χ2v) is 6.30. The molecule has 2 atom stereocenters. The zero-order valence-corrected chi connectivity index (χ0v) is 13.0. The number of nitrogens with zero attached hydrogens (tertiary/aromatic N) is 3. The summed E-state index contributed by atoms with van der Waals surface area (Å²) in [7, 11) is 0. The van der Waals surface area contributed by atoms with Gasteiger partial charge in [-0.05, 0) is 18.3 Å². The molecule has 1 aromatic rings. The molecular formula is C13H14Cl3N3. The monoisotopic (exact) mass is 317 g/mol. The van der Waals surface area contributed by atoms with E-state index in [9.17, 15) is 0 Å². The van der Waals surface area contributed by atoms with E-state index in [-0.39, 0.29) is 10.8 Å². The van der Waals surface area contributed by atoms with Gasteiger partial charge in [-0.15, -0.1) is 0 Å². The molecule has 0 saturated carbocycles. The Morgan fingerprint density at radius 1 is 1.16 bits per heavy atom. The van der Waals surface area contributed by atoms with Crippen LogP contribution in [-0.2, 0) is 0 Å². The highest BCUT2D eigenvalue weighted by molar-refractivity contribution is 6.45. The third-order valence-corrected chi connectivity index (χ3v) is 4.39. The number of anilines is 1. The van der Waals surface area contributed by atoms with Crippen molar-refractivity contribution in [2.24, 2.45) is 11.8 Å². The summed E-state index contributed by atoms with van der Waals surface area (Å²) in [6.45, 7) is 6.10. The number of halogens is 3. The third-order valence-electron chi connectivity index (χ3n) is 3.31. The summed E-state index contributed by atoms with van der Waals surface area (Å²) in [5.74, 6) is 1.10. The molecule has 0 bridgehead atoms. The molecule has 0 aliphatic carbocycles. The van der Waals surface area contributed by atoms with Crippen LogP contribution in [0, 0.1) is 23.2 Å². The Bertz CT molecular complexity index is 529. The highest BCUT2D eigenvalue weighted by Crippen LogP contribution is 2.41. The Balaban J connectivity index is 2.49. The molecule has 0 spiro atoms. The van der Waals surface area contributed by atoms with Gasteiger partial charge < -0.3 is 4.90 Å². The lowest BCUT2D eigenvalue weighted by Gasteiger charge is -2.37. The van der Waals surface area contributed by atoms with E-state index in [1.807, 2.05) is 6.07 Å². The van der Waals surface area contributed by atoms with Crippen molar-refractivity contribution in [3.8, 4) is 6.07 Å². The molecule has 1 fully saturated rings. The first-order valence-electron chi connectivity index (χ1n) is 6.13. The van der Waals surface area contributed by atoms with Crippen molar-refractivity contribution in [2.75, 3.05) is 18.0 Å². The van der Waals surface area contributed by atoms with Crippen LogP contribution in [0.25, 0.3) is 0 Å². The number of rotatable bonds is 1. The Morgan fingerprint density at radius 2 is 1.74 bits per heavy atom. The Kier molecular flexibility index (Phi) is 4.45. The van der Waals surface area contributed by atoms with Gasteiger partial charge in [0.15, 0.2) is 10.8 Å². The topological polar surface area (TPSA) is 39.9 Å². The lowest BCUT2D eigenvalue weighted by molar-refractivity contribution is 0.357. The largest absolute Gasteiger partial charge is 0.368 e. The average Bonchev–Trinajstić information content (AvgIpc) is 2.33. The standard InChI is InChI=1S/C13H14Cl3N3/c1-7-3-8(2)6-19(5-7)12-10(14)9(4-17)18-13(16)11(12)15/h7-8H,3,5-6H2,1-2H3. The molecule has 1 aliphatic heterocycles. The molecule has 0 amide bonds. The van der Waals surface area contributed by atoms with Crippen molar-refractivity contribution in [2.45, 2.75) is 20.3 Å². The molecule has 102 valence electrons. The van der Waals surface area contributed by atoms with Crippen molar-refractivity contribution in [3.63, 3.8) is 0 Å². The molecule has 1 saturated heterocycles. The Hall–Kier alpha value is -0.690. The number of piperidine rings is 1. The van der Waals surface area contributed by atoms with Crippen LogP contribution in [-0.4, -0.2) is 18.1 Å². The van der Waals surface area contributed by atoms with E-state index in [4.69, 9.17) is 40.1 Å². The summed E-state index contributed by atoms with van der Waals surface area (Å²) in [4.78, 5) is 6.01. The first kappa shape index (κ1) is 14.7. The third kappa shape index (κ3) is 2.91. The van der Waals surface area contributed by atoms with E-state index < -0.39 is 0 Å². The number of hydrogen-bond donors (Lipinski definition) is 0. The van der Waals surface area contributed by atoms with Crippen molar-refractivity contribution in [1.29, 1.82) is 5.26 Å². The molecule has 3 nitrogen and oxygen atoms in total. The molecule has 0 aromatic carbocycles. The normalized spacial score (nSPS) is 23.3. The second kappa shape index (κ2) is 5.75. The van der Waals surface area contributed by atoms with Crippen LogP contribution < -0.4 is 4.90 Å². The van der Waals surface area contributed by atoms with Gasteiger partial charge in [-0.25, -0.2) is 4.98 Å². The maximum atomic E-state index is 9.04. The molecule has 19 heavy (non-hydrogen) atoms. The van der Waals surface area contributed by atoms with Gasteiger partial charge in [0.2, 0.25) is 0 Å². The zero-order valence-electron chi connectivity index (χ0n) is 10.8. The van der Waals surface area contributed by atoms with Gasteiger partial charge in [-0.3, -0.25) is 0 Å². The van der Waals surface area contributed by atoms with Crippen LogP contribution in [0.2, 0.25) is 15.2 Å². The van der Waals surface area contributed by atoms with Crippen molar-refractivity contribution >= 4 is 40.5 Å². The van der Waals surface area contributed by atoms with Crippen LogP contribution in [0.5, 0.6) is 0 Å². The van der Waals surface area contributed by atoms with Crippen molar-refractivity contribution in [3.05, 3.63) is 20.9 Å². The first-order chi connectivity index (χ1) is 8.93. The molecule has 0 N–H and O–H groups in total. The van der Waals surface area contributed by atoms with Crippen LogP contribution in [0.4, 0.5) is 5.69 Å². The quantitative estimate of drug-likeness (QED) is 0.721. The SMILES string of the molecule is CC1CC(C)CN(c2c(Cl)c(Cl)nc(C#N)c2Cl)C1. The fourth-order valence-corrected chi connectivity index (χ4v) is 3.48. The first-order valence-corrected chi connectivity index (χ1v) is 7.27. The predicted molar refractivity (Wildman–Crippen MR) is 79.1 cm³/mol. The van der Waals surface area contributed by atoms with Crippen molar-refractivity contribution in [1.82, 2.24) is 4.98 Å². The average molecular weight is 319 g/mol. The van der Waals surface area contributed by atoms with E-state index in [1.54, 1.807) is 0 Å². The number of aromatic nitrogens is 1. The highest BCUT2D eigenvalue weighted by Gasteiger charge is 2.27. The van der Waals surface area contributed by atoms with Gasteiger partial charge >= 0.3 is 0 Å². The summed E-state index contributed by atoms with van der Waals surface area (Å²) < 4.78 is 0. The molecule has 0 radical (unpaired) electrons. The van der Waals surface area contributed by atoms with Gasteiger partial charge in [0.05, 0.1) is 5.69 Å². The van der Waals surface area contributed by atoms with Gasteiger partial charge in [-0.1, -0.05) is 48.7 Å². The molecule has 2 heterocycles. The maximum absolute atomic E-state index is 9.04. The molecule has 2 unspecified atom stereocenters. The summed E-state index contributed by atoms with van der Waals surface area (Å²) in [6, 6.07) is 1.95. The second-order valence-electron chi connectivity index (χ2n) is 5.19. The smallest absolute Gasteiger partial charge is 0.163 e. The Morgan fingerprint density at radius 3 is 2.26 bits per heavy atom. The minimum atomic E-state index is 0.122. The van der Waals surface area contributed by atoms with E-state index in [2.05, 4.69) is 23.7 Å². The number of nitriles is 1. The van der Waals surface area contributed by atoms with Crippen LogP contribution in [0.3, 0.4) is 0 Å². The summed E-state index contributed by atoms with van der Waals surface area (Å²) in [6.07, 6.45) is 1.18.